The Hall–Kier alpha value is -0.970. The lowest BCUT2D eigenvalue weighted by molar-refractivity contribution is 0.161. The van der Waals surface area contributed by atoms with Gasteiger partial charge in [0, 0.05) is 11.5 Å². The predicted molar refractivity (Wildman–Crippen MR) is 59.2 cm³/mol. The Morgan fingerprint density at radius 1 is 1.36 bits per heavy atom. The Morgan fingerprint density at radius 3 is 2.71 bits per heavy atom. The van der Waals surface area contributed by atoms with E-state index in [2.05, 4.69) is 11.8 Å². The van der Waals surface area contributed by atoms with Crippen LogP contribution in [0.3, 0.4) is 0 Å². The van der Waals surface area contributed by atoms with E-state index in [1.807, 2.05) is 37.3 Å². The maximum atomic E-state index is 5.39. The lowest BCUT2D eigenvalue weighted by Gasteiger charge is -2.01. The second-order valence-corrected chi connectivity index (χ2v) is 3.23. The Balaban J connectivity index is 2.47. The number of benzene rings is 1. The molecule has 14 heavy (non-hydrogen) atoms. The van der Waals surface area contributed by atoms with Crippen LogP contribution in [0.2, 0.25) is 0 Å². The third-order valence-electron chi connectivity index (χ3n) is 1.68. The summed E-state index contributed by atoms with van der Waals surface area (Å²) in [6.07, 6.45) is 0. The molecule has 0 amide bonds. The number of rotatable bonds is 3. The van der Waals surface area contributed by atoms with Crippen molar-refractivity contribution < 1.29 is 4.74 Å². The highest BCUT2D eigenvalue weighted by atomic mass is 35.5. The number of halogens is 1. The van der Waals surface area contributed by atoms with Gasteiger partial charge in [-0.15, -0.1) is 0 Å². The van der Waals surface area contributed by atoms with E-state index in [9.17, 15) is 0 Å². The lowest BCUT2D eigenvalue weighted by Crippen LogP contribution is -2.01. The van der Waals surface area contributed by atoms with Crippen molar-refractivity contribution >= 4 is 11.6 Å². The van der Waals surface area contributed by atoms with E-state index in [4.69, 9.17) is 16.3 Å². The van der Waals surface area contributed by atoms with E-state index < -0.39 is 0 Å². The second kappa shape index (κ2) is 6.48. The highest BCUT2D eigenvalue weighted by molar-refractivity contribution is 6.17. The first-order chi connectivity index (χ1) is 6.83. The van der Waals surface area contributed by atoms with Gasteiger partial charge < -0.3 is 4.74 Å². The highest BCUT2D eigenvalue weighted by Crippen LogP contribution is 1.98. The maximum Gasteiger partial charge on any atom is 0.120 e. The van der Waals surface area contributed by atoms with Crippen LogP contribution in [0.15, 0.2) is 30.3 Å². The van der Waals surface area contributed by atoms with Crippen LogP contribution in [0, 0.1) is 17.8 Å². The average molecular weight is 209 g/mol. The standard InChI is InChI=1S/C12H13ClO/c1-11(9-14-10-13)7-8-12-5-3-2-4-6-12/h2-6,11H,9-10H2,1H3. The summed E-state index contributed by atoms with van der Waals surface area (Å²) in [6, 6.07) is 10.1. The molecular weight excluding hydrogens is 196 g/mol. The SMILES string of the molecule is CC(C#Cc1ccccc1)COCCl. The third-order valence-corrected chi connectivity index (χ3v) is 1.84. The van der Waals surface area contributed by atoms with Gasteiger partial charge in [-0.2, -0.15) is 0 Å². The molecule has 74 valence electrons. The van der Waals surface area contributed by atoms with Crippen molar-refractivity contribution in [3.8, 4) is 11.8 Å². The minimum Gasteiger partial charge on any atom is -0.364 e. The molecule has 0 aliphatic carbocycles. The molecular formula is C12H13ClO. The Kier molecular flexibility index (Phi) is 5.14. The molecule has 0 heterocycles. The fourth-order valence-electron chi connectivity index (χ4n) is 0.991. The summed E-state index contributed by atoms with van der Waals surface area (Å²) in [7, 11) is 0. The quantitative estimate of drug-likeness (QED) is 0.548. The molecule has 0 aliphatic heterocycles. The van der Waals surface area contributed by atoms with Gasteiger partial charge in [0.1, 0.15) is 6.07 Å². The van der Waals surface area contributed by atoms with Gasteiger partial charge in [-0.1, -0.05) is 41.6 Å². The molecule has 1 unspecified atom stereocenters. The van der Waals surface area contributed by atoms with E-state index in [1.54, 1.807) is 0 Å². The third kappa shape index (κ3) is 4.32. The van der Waals surface area contributed by atoms with Crippen LogP contribution in [0.4, 0.5) is 0 Å². The zero-order valence-corrected chi connectivity index (χ0v) is 8.92. The molecule has 1 nitrogen and oxygen atoms in total. The molecule has 0 saturated carbocycles. The van der Waals surface area contributed by atoms with Crippen LogP contribution in [0.5, 0.6) is 0 Å². The summed E-state index contributed by atoms with van der Waals surface area (Å²) in [6.45, 7) is 2.60. The van der Waals surface area contributed by atoms with Crippen LogP contribution in [0.25, 0.3) is 0 Å². The second-order valence-electron chi connectivity index (χ2n) is 3.02. The smallest absolute Gasteiger partial charge is 0.120 e. The summed E-state index contributed by atoms with van der Waals surface area (Å²) < 4.78 is 5.05. The van der Waals surface area contributed by atoms with E-state index in [0.717, 1.165) is 5.56 Å². The summed E-state index contributed by atoms with van der Waals surface area (Å²) in [5, 5.41) is 0. The van der Waals surface area contributed by atoms with Crippen molar-refractivity contribution in [1.29, 1.82) is 0 Å². The van der Waals surface area contributed by atoms with Crippen LogP contribution in [0.1, 0.15) is 12.5 Å². The molecule has 0 aliphatic rings. The Labute approximate surface area is 90.0 Å². The van der Waals surface area contributed by atoms with Gasteiger partial charge in [-0.05, 0) is 19.1 Å². The first-order valence-corrected chi connectivity index (χ1v) is 5.06. The van der Waals surface area contributed by atoms with Gasteiger partial charge in [0.15, 0.2) is 0 Å². The van der Waals surface area contributed by atoms with Crippen molar-refractivity contribution in [2.24, 2.45) is 5.92 Å². The zero-order chi connectivity index (χ0) is 10.2. The molecule has 1 aromatic rings. The molecule has 0 spiro atoms. The molecule has 0 saturated heterocycles. The summed E-state index contributed by atoms with van der Waals surface area (Å²) in [5.41, 5.74) is 1.03. The van der Waals surface area contributed by atoms with Crippen molar-refractivity contribution in [3.63, 3.8) is 0 Å². The van der Waals surface area contributed by atoms with Crippen LogP contribution in [-0.4, -0.2) is 12.7 Å². The fraction of sp³-hybridized carbons (Fsp3) is 0.333. The maximum absolute atomic E-state index is 5.39. The number of hydrogen-bond acceptors (Lipinski definition) is 1. The first-order valence-electron chi connectivity index (χ1n) is 4.53. The van der Waals surface area contributed by atoms with E-state index in [1.165, 1.54) is 0 Å². The number of hydrogen-bond donors (Lipinski definition) is 0. The van der Waals surface area contributed by atoms with Crippen LogP contribution < -0.4 is 0 Å². The normalized spacial score (nSPS) is 11.6. The van der Waals surface area contributed by atoms with Gasteiger partial charge in [0.05, 0.1) is 6.61 Å². The van der Waals surface area contributed by atoms with Gasteiger partial charge in [-0.25, -0.2) is 0 Å². The summed E-state index contributed by atoms with van der Waals surface area (Å²) >= 11 is 5.39. The molecule has 1 rings (SSSR count). The molecule has 0 aromatic heterocycles. The highest BCUT2D eigenvalue weighted by Gasteiger charge is 1.95. The average Bonchev–Trinajstić information content (AvgIpc) is 2.25. The minimum absolute atomic E-state index is 0.217. The molecule has 0 bridgehead atoms. The molecule has 2 heteroatoms. The topological polar surface area (TPSA) is 9.23 Å². The minimum atomic E-state index is 0.217. The molecule has 1 atom stereocenters. The fourth-order valence-corrected chi connectivity index (χ4v) is 1.08. The largest absolute Gasteiger partial charge is 0.364 e. The molecule has 0 fully saturated rings. The molecule has 1 aromatic carbocycles. The summed E-state index contributed by atoms with van der Waals surface area (Å²) in [5.74, 6) is 6.40. The van der Waals surface area contributed by atoms with Crippen molar-refractivity contribution in [2.75, 3.05) is 12.7 Å². The van der Waals surface area contributed by atoms with E-state index >= 15 is 0 Å². The van der Waals surface area contributed by atoms with Crippen molar-refractivity contribution in [2.45, 2.75) is 6.92 Å². The number of ether oxygens (including phenoxy) is 1. The molecule has 0 N–H and O–H groups in total. The summed E-state index contributed by atoms with van der Waals surface area (Å²) in [4.78, 5) is 0. The predicted octanol–water partition coefficient (Wildman–Crippen LogP) is 2.89. The Bertz CT molecular complexity index is 310. The van der Waals surface area contributed by atoms with Crippen molar-refractivity contribution in [1.82, 2.24) is 0 Å². The van der Waals surface area contributed by atoms with Gasteiger partial charge in [-0.3, -0.25) is 0 Å². The van der Waals surface area contributed by atoms with E-state index in [0.29, 0.717) is 6.61 Å². The van der Waals surface area contributed by atoms with Gasteiger partial charge in [0.2, 0.25) is 0 Å². The van der Waals surface area contributed by atoms with Gasteiger partial charge >= 0.3 is 0 Å². The lowest BCUT2D eigenvalue weighted by atomic mass is 10.1. The van der Waals surface area contributed by atoms with Gasteiger partial charge in [0.25, 0.3) is 0 Å². The Morgan fingerprint density at radius 2 is 2.07 bits per heavy atom. The monoisotopic (exact) mass is 208 g/mol. The number of alkyl halides is 1. The zero-order valence-electron chi connectivity index (χ0n) is 8.16. The van der Waals surface area contributed by atoms with Crippen LogP contribution in [-0.2, 0) is 4.74 Å². The van der Waals surface area contributed by atoms with Crippen molar-refractivity contribution in [3.05, 3.63) is 35.9 Å². The van der Waals surface area contributed by atoms with E-state index in [-0.39, 0.29) is 12.0 Å². The first kappa shape index (κ1) is 11.1. The molecule has 0 radical (unpaired) electrons. The van der Waals surface area contributed by atoms with Crippen LogP contribution >= 0.6 is 11.6 Å².